The molecule has 3 atom stereocenters. The van der Waals surface area contributed by atoms with Gasteiger partial charge in [-0.15, -0.1) is 0 Å². The maximum Gasteiger partial charge on any atom is 0.472 e. The average Bonchev–Trinajstić information content (AvgIpc) is 3.21. The molecule has 0 radical (unpaired) electrons. The minimum Gasteiger partial charge on any atom is -0.457 e. The Bertz CT molecular complexity index is 959. The summed E-state index contributed by atoms with van der Waals surface area (Å²) in [6, 6.07) is 0. The fourth-order valence-corrected chi connectivity index (χ4v) is 7.71. The summed E-state index contributed by atoms with van der Waals surface area (Å²) in [4.78, 5) is 22.6. The molecule has 3 unspecified atom stereocenters. The molecule has 0 aromatic rings. The van der Waals surface area contributed by atoms with Crippen LogP contribution in [0.25, 0.3) is 0 Å². The Morgan fingerprint density at radius 2 is 0.931 bits per heavy atom. The van der Waals surface area contributed by atoms with E-state index in [1.807, 2.05) is 0 Å². The van der Waals surface area contributed by atoms with Gasteiger partial charge in [-0.05, 0) is 44.9 Å². The maximum absolute atomic E-state index is 12.6. The van der Waals surface area contributed by atoms with E-state index in [-0.39, 0.29) is 25.6 Å². The topological polar surface area (TPSA) is 132 Å². The van der Waals surface area contributed by atoms with Gasteiger partial charge in [-0.1, -0.05) is 205 Å². The van der Waals surface area contributed by atoms with Crippen molar-refractivity contribution in [1.82, 2.24) is 0 Å². The smallest absolute Gasteiger partial charge is 0.457 e. The molecule has 3 N–H and O–H groups in total. The van der Waals surface area contributed by atoms with Gasteiger partial charge >= 0.3 is 13.8 Å². The number of unbranched alkanes of at least 4 members (excludes halogenated alkanes) is 29. The predicted octanol–water partition coefficient (Wildman–Crippen LogP) is 13.8. The number of ether oxygens (including phenoxy) is 2. The molecule has 10 heteroatoms. The van der Waals surface area contributed by atoms with E-state index in [1.54, 1.807) is 0 Å². The standard InChI is InChI=1S/C48H93O9P/c1-3-5-7-9-11-13-15-17-19-21-22-23-25-27-29-31-33-35-37-39-41-54-44-47(45-56-58(52,53)55-43-46(50)42-49)57-48(51)40-38-36-34-32-30-28-26-24-20-18-16-14-12-10-8-6-4-2/h12,14,18,20,46-47,49-50H,3-11,13,15-17,19,21-45H2,1-2H3,(H,52,53)/b14-12-,20-18-. The molecule has 0 saturated carbocycles. The molecule has 9 nitrogen and oxygen atoms in total. The maximum atomic E-state index is 12.6. The number of hydrogen-bond donors (Lipinski definition) is 3. The van der Waals surface area contributed by atoms with Crippen molar-refractivity contribution >= 4 is 13.8 Å². The Kier molecular flexibility index (Phi) is 44.6. The zero-order chi connectivity index (χ0) is 42.5. The summed E-state index contributed by atoms with van der Waals surface area (Å²) < 4.78 is 33.5. The fourth-order valence-electron chi connectivity index (χ4n) is 6.92. The SMILES string of the molecule is CCCCC/C=C\C/C=C\CCCCCCCCCC(=O)OC(COCCCCCCCCCCCCCCCCCCCCCC)COP(=O)(O)OCC(O)CO. The van der Waals surface area contributed by atoms with Crippen molar-refractivity contribution in [2.24, 2.45) is 0 Å². The molecule has 0 fully saturated rings. The second-order valence-corrected chi connectivity index (χ2v) is 17.9. The highest BCUT2D eigenvalue weighted by molar-refractivity contribution is 7.47. The fraction of sp³-hybridized carbons (Fsp3) is 0.896. The second kappa shape index (κ2) is 45.5. The van der Waals surface area contributed by atoms with Gasteiger partial charge < -0.3 is 24.6 Å². The molecular formula is C48H93O9P. The molecule has 0 amide bonds. The van der Waals surface area contributed by atoms with Crippen LogP contribution in [0.3, 0.4) is 0 Å². The number of aliphatic hydroxyl groups excluding tert-OH is 2. The minimum atomic E-state index is -4.52. The van der Waals surface area contributed by atoms with Crippen LogP contribution in [0.5, 0.6) is 0 Å². The second-order valence-electron chi connectivity index (χ2n) is 16.5. The molecule has 0 aromatic heterocycles. The van der Waals surface area contributed by atoms with E-state index in [9.17, 15) is 19.4 Å². The molecule has 0 bridgehead atoms. The summed E-state index contributed by atoms with van der Waals surface area (Å²) in [5.74, 6) is -0.386. The van der Waals surface area contributed by atoms with Crippen molar-refractivity contribution < 1.29 is 43.0 Å². The average molecular weight is 845 g/mol. The van der Waals surface area contributed by atoms with Gasteiger partial charge in [0.1, 0.15) is 12.2 Å². The number of esters is 1. The van der Waals surface area contributed by atoms with Gasteiger partial charge in [-0.3, -0.25) is 13.8 Å². The molecule has 58 heavy (non-hydrogen) atoms. The van der Waals surface area contributed by atoms with Gasteiger partial charge in [0.2, 0.25) is 0 Å². The lowest BCUT2D eigenvalue weighted by Gasteiger charge is -2.20. The molecule has 0 aliphatic carbocycles. The van der Waals surface area contributed by atoms with E-state index < -0.39 is 33.2 Å². The van der Waals surface area contributed by atoms with Gasteiger partial charge in [-0.25, -0.2) is 4.57 Å². The first kappa shape index (κ1) is 56.9. The predicted molar refractivity (Wildman–Crippen MR) is 242 cm³/mol. The van der Waals surface area contributed by atoms with Crippen LogP contribution in [0.1, 0.15) is 232 Å². The van der Waals surface area contributed by atoms with E-state index in [0.717, 1.165) is 51.4 Å². The number of carbonyl (C=O) groups excluding carboxylic acids is 1. The Labute approximate surface area is 357 Å². The third-order valence-corrected chi connectivity index (χ3v) is 11.6. The zero-order valence-electron chi connectivity index (χ0n) is 37.8. The lowest BCUT2D eigenvalue weighted by molar-refractivity contribution is -0.154. The monoisotopic (exact) mass is 845 g/mol. The highest BCUT2D eigenvalue weighted by Crippen LogP contribution is 2.43. The van der Waals surface area contributed by atoms with Crippen molar-refractivity contribution in [2.75, 3.05) is 33.0 Å². The van der Waals surface area contributed by atoms with Crippen molar-refractivity contribution in [3.8, 4) is 0 Å². The minimum absolute atomic E-state index is 0.0507. The van der Waals surface area contributed by atoms with Crippen molar-refractivity contribution in [3.63, 3.8) is 0 Å². The number of allylic oxidation sites excluding steroid dienone is 4. The van der Waals surface area contributed by atoms with Gasteiger partial charge in [-0.2, -0.15) is 0 Å². The summed E-state index contributed by atoms with van der Waals surface area (Å²) in [5, 5.41) is 18.4. The Balaban J connectivity index is 4.08. The molecule has 0 aromatic carbocycles. The van der Waals surface area contributed by atoms with Crippen LogP contribution >= 0.6 is 7.82 Å². The largest absolute Gasteiger partial charge is 0.472 e. The van der Waals surface area contributed by atoms with Crippen LogP contribution in [-0.4, -0.2) is 66.3 Å². The Hall–Kier alpha value is -1.06. The quantitative estimate of drug-likeness (QED) is 0.0237. The van der Waals surface area contributed by atoms with Crippen LogP contribution in [0, 0.1) is 0 Å². The molecule has 0 rings (SSSR count). The van der Waals surface area contributed by atoms with Crippen LogP contribution in [0.4, 0.5) is 0 Å². The summed E-state index contributed by atoms with van der Waals surface area (Å²) in [5.41, 5.74) is 0. The lowest BCUT2D eigenvalue weighted by Crippen LogP contribution is -2.29. The molecule has 0 aliphatic rings. The first-order chi connectivity index (χ1) is 28.3. The summed E-state index contributed by atoms with van der Waals surface area (Å²) in [7, 11) is -4.52. The van der Waals surface area contributed by atoms with Gasteiger partial charge in [0, 0.05) is 13.0 Å². The number of carbonyl (C=O) groups is 1. The normalized spacial score (nSPS) is 14.1. The highest BCUT2D eigenvalue weighted by Gasteiger charge is 2.26. The number of rotatable bonds is 47. The first-order valence-electron chi connectivity index (χ1n) is 24.3. The third kappa shape index (κ3) is 44.5. The number of phosphoric ester groups is 1. The molecule has 0 aliphatic heterocycles. The Morgan fingerprint density at radius 3 is 1.41 bits per heavy atom. The van der Waals surface area contributed by atoms with Crippen LogP contribution < -0.4 is 0 Å². The van der Waals surface area contributed by atoms with E-state index in [1.165, 1.54) is 161 Å². The first-order valence-corrected chi connectivity index (χ1v) is 25.8. The number of aliphatic hydroxyl groups is 2. The highest BCUT2D eigenvalue weighted by atomic mass is 31.2. The zero-order valence-corrected chi connectivity index (χ0v) is 38.7. The Morgan fingerprint density at radius 1 is 0.534 bits per heavy atom. The van der Waals surface area contributed by atoms with Crippen LogP contribution in [0.2, 0.25) is 0 Å². The van der Waals surface area contributed by atoms with E-state index in [0.29, 0.717) is 6.61 Å². The molecular weight excluding hydrogens is 751 g/mol. The molecule has 0 heterocycles. The molecule has 344 valence electrons. The van der Waals surface area contributed by atoms with Crippen molar-refractivity contribution in [1.29, 1.82) is 0 Å². The lowest BCUT2D eigenvalue weighted by atomic mass is 10.0. The van der Waals surface area contributed by atoms with Gasteiger partial charge in [0.05, 0.1) is 26.4 Å². The van der Waals surface area contributed by atoms with Gasteiger partial charge in [0.15, 0.2) is 0 Å². The van der Waals surface area contributed by atoms with E-state index in [2.05, 4.69) is 38.2 Å². The molecule has 0 saturated heterocycles. The van der Waals surface area contributed by atoms with Crippen LogP contribution in [-0.2, 0) is 27.9 Å². The van der Waals surface area contributed by atoms with Crippen molar-refractivity contribution in [2.45, 2.75) is 244 Å². The summed E-state index contributed by atoms with van der Waals surface area (Å²) in [6.45, 7) is 3.53. The van der Waals surface area contributed by atoms with E-state index >= 15 is 0 Å². The number of hydrogen-bond acceptors (Lipinski definition) is 8. The summed E-state index contributed by atoms with van der Waals surface area (Å²) in [6.07, 6.45) is 48.5. The van der Waals surface area contributed by atoms with Gasteiger partial charge in [0.25, 0.3) is 0 Å². The van der Waals surface area contributed by atoms with Crippen molar-refractivity contribution in [3.05, 3.63) is 24.3 Å². The number of phosphoric acid groups is 1. The summed E-state index contributed by atoms with van der Waals surface area (Å²) >= 11 is 0. The molecule has 0 spiro atoms. The third-order valence-electron chi connectivity index (χ3n) is 10.6. The van der Waals surface area contributed by atoms with E-state index in [4.69, 9.17) is 23.6 Å². The van der Waals surface area contributed by atoms with Crippen LogP contribution in [0.15, 0.2) is 24.3 Å².